The van der Waals surface area contributed by atoms with Crippen LogP contribution in [0.25, 0.3) is 0 Å². The molecule has 1 N–H and O–H groups in total. The number of ether oxygens (including phenoxy) is 1. The molecule has 0 fully saturated rings. The second kappa shape index (κ2) is 7.53. The third-order valence-electron chi connectivity index (χ3n) is 1.08. The van der Waals surface area contributed by atoms with Crippen LogP contribution in [0.2, 0.25) is 0 Å². The molecule has 0 bridgehead atoms. The summed E-state index contributed by atoms with van der Waals surface area (Å²) in [6.45, 7) is 2.77. The Kier molecular flexibility index (Phi) is 9.82. The molecule has 3 heteroatoms. The molecule has 0 aromatic rings. The summed E-state index contributed by atoms with van der Waals surface area (Å²) in [4.78, 5) is 0. The van der Waals surface area contributed by atoms with E-state index in [1.807, 2.05) is 0 Å². The van der Waals surface area contributed by atoms with Crippen LogP contribution in [0.15, 0.2) is 11.8 Å². The van der Waals surface area contributed by atoms with Crippen LogP contribution in [0.1, 0.15) is 6.42 Å². The number of nitrogens with one attached hydrogen (secondary N) is 1. The van der Waals surface area contributed by atoms with Crippen molar-refractivity contribution < 1.29 is 35.9 Å². The Balaban J connectivity index is 0. The van der Waals surface area contributed by atoms with Crippen molar-refractivity contribution in [1.29, 1.82) is 0 Å². The van der Waals surface area contributed by atoms with Crippen molar-refractivity contribution in [3.05, 3.63) is 25.8 Å². The van der Waals surface area contributed by atoms with Gasteiger partial charge in [0.15, 0.2) is 0 Å². The first-order valence-corrected chi connectivity index (χ1v) is 2.73. The van der Waals surface area contributed by atoms with Gasteiger partial charge in [-0.1, -0.05) is 13.0 Å². The van der Waals surface area contributed by atoms with Crippen LogP contribution in [-0.2, 0) is 4.74 Å². The zero-order valence-corrected chi connectivity index (χ0v) is 10.6. The van der Waals surface area contributed by atoms with Crippen LogP contribution in [0.5, 0.6) is 0 Å². The van der Waals surface area contributed by atoms with E-state index < -0.39 is 0 Å². The van der Waals surface area contributed by atoms with E-state index in [0.29, 0.717) is 0 Å². The van der Waals surface area contributed by atoms with Gasteiger partial charge in [0, 0.05) is 7.11 Å². The summed E-state index contributed by atoms with van der Waals surface area (Å²) in [5.41, 5.74) is 1.10. The molecular weight excluding hydrogens is 352 g/mol. The van der Waals surface area contributed by atoms with Crippen LogP contribution in [0, 0.1) is 45.1 Å². The maximum absolute atomic E-state index is 4.77. The van der Waals surface area contributed by atoms with Gasteiger partial charge < -0.3 is 17.5 Å². The third-order valence-corrected chi connectivity index (χ3v) is 1.08. The molecule has 1 heterocycles. The molecule has 2 nitrogen and oxygen atoms in total. The Labute approximate surface area is 86.8 Å². The Morgan fingerprint density at radius 2 is 2.40 bits per heavy atom. The molecule has 0 saturated heterocycles. The molecule has 0 aromatic carbocycles. The molecule has 0 saturated carbocycles. The van der Waals surface area contributed by atoms with E-state index in [4.69, 9.17) is 4.74 Å². The summed E-state index contributed by atoms with van der Waals surface area (Å²) >= 11 is 0. The fourth-order valence-corrected chi connectivity index (χ4v) is 0.733. The number of rotatable bonds is 2. The molecule has 0 aliphatic carbocycles. The maximum atomic E-state index is 4.77. The molecule has 10 heavy (non-hydrogen) atoms. The van der Waals surface area contributed by atoms with Gasteiger partial charge in [0.2, 0.25) is 0 Å². The van der Waals surface area contributed by atoms with Gasteiger partial charge in [0.1, 0.15) is 0 Å². The predicted octanol–water partition coefficient (Wildman–Crippen LogP) is 1.12. The van der Waals surface area contributed by atoms with E-state index in [9.17, 15) is 0 Å². The van der Waals surface area contributed by atoms with Crippen molar-refractivity contribution in [2.24, 2.45) is 0 Å². The van der Waals surface area contributed by atoms with Gasteiger partial charge in [-0.15, -0.1) is 5.70 Å². The average Bonchev–Trinajstić information content (AvgIpc) is 2.19. The minimum absolute atomic E-state index is 0. The Morgan fingerprint density at radius 1 is 1.70 bits per heavy atom. The first-order valence-electron chi connectivity index (χ1n) is 2.73. The van der Waals surface area contributed by atoms with E-state index in [2.05, 4.69) is 11.4 Å². The molecule has 1 rings (SSSR count). The standard InChI is InChI=1S/C6H10NO.CH3.U/c1-8-5-6-3-2-4-7-6;;/h3,5,7H,2,4H2,1H3;1H3;/q2*-1;+2. The average molecular weight is 365 g/mol. The minimum Gasteiger partial charge on any atom is -0.444 e. The van der Waals surface area contributed by atoms with E-state index >= 15 is 0 Å². The van der Waals surface area contributed by atoms with Crippen molar-refractivity contribution in [2.45, 2.75) is 6.42 Å². The normalized spacial score (nSPS) is 13.9. The van der Waals surface area contributed by atoms with E-state index in [-0.39, 0.29) is 38.5 Å². The van der Waals surface area contributed by atoms with Gasteiger partial charge in [-0.2, -0.15) is 0 Å². The van der Waals surface area contributed by atoms with Gasteiger partial charge in [0.25, 0.3) is 0 Å². The monoisotopic (exact) mass is 365 g/mol. The first kappa shape index (κ1) is 13.0. The zero-order valence-electron chi connectivity index (χ0n) is 6.48. The second-order valence-corrected chi connectivity index (χ2v) is 1.73. The second-order valence-electron chi connectivity index (χ2n) is 1.73. The Hall–Kier alpha value is 0.422. The predicted molar refractivity (Wildman–Crippen MR) is 38.4 cm³/mol. The number of methoxy groups -OCH3 is 1. The molecular formula is C7H13NOU. The van der Waals surface area contributed by atoms with Gasteiger partial charge in [-0.3, -0.25) is 0 Å². The van der Waals surface area contributed by atoms with Crippen molar-refractivity contribution in [3.63, 3.8) is 0 Å². The molecule has 0 aromatic heterocycles. The molecule has 0 amide bonds. The van der Waals surface area contributed by atoms with Crippen LogP contribution < -0.4 is 5.32 Å². The van der Waals surface area contributed by atoms with Crippen LogP contribution in [0.3, 0.4) is 0 Å². The van der Waals surface area contributed by atoms with Gasteiger partial charge >= 0.3 is 31.1 Å². The molecule has 0 radical (unpaired) electrons. The van der Waals surface area contributed by atoms with E-state index in [0.717, 1.165) is 18.7 Å². The van der Waals surface area contributed by atoms with Crippen molar-refractivity contribution >= 4 is 0 Å². The van der Waals surface area contributed by atoms with Crippen LogP contribution >= 0.6 is 0 Å². The minimum atomic E-state index is 0. The SMILES string of the molecule is CO[CH-]C1=CCCN1.[CH3-].[U+2]. The summed E-state index contributed by atoms with van der Waals surface area (Å²) in [6.07, 6.45) is 3.23. The van der Waals surface area contributed by atoms with Gasteiger partial charge in [0.05, 0.1) is 0 Å². The van der Waals surface area contributed by atoms with Gasteiger partial charge in [-0.05, 0) is 6.54 Å². The van der Waals surface area contributed by atoms with Crippen molar-refractivity contribution in [2.75, 3.05) is 13.7 Å². The summed E-state index contributed by atoms with van der Waals surface area (Å²) in [6, 6.07) is 0. The largest absolute Gasteiger partial charge is 2.00 e. The molecule has 0 atom stereocenters. The van der Waals surface area contributed by atoms with E-state index in [1.54, 1.807) is 13.7 Å². The van der Waals surface area contributed by atoms with Gasteiger partial charge in [-0.25, -0.2) is 6.08 Å². The third kappa shape index (κ3) is 4.27. The summed E-state index contributed by atoms with van der Waals surface area (Å²) in [5.74, 6) is 0. The number of hydrogen-bond acceptors (Lipinski definition) is 2. The fraction of sp³-hybridized carbons (Fsp3) is 0.429. The van der Waals surface area contributed by atoms with Crippen molar-refractivity contribution in [1.82, 2.24) is 5.32 Å². The Bertz CT molecular complexity index is 104. The Morgan fingerprint density at radius 3 is 2.80 bits per heavy atom. The molecule has 0 spiro atoms. The topological polar surface area (TPSA) is 21.3 Å². The molecule has 1 aliphatic rings. The summed E-state index contributed by atoms with van der Waals surface area (Å²) in [7, 11) is 1.65. The first-order chi connectivity index (χ1) is 3.93. The molecule has 1 aliphatic heterocycles. The number of hydrogen-bond donors (Lipinski definition) is 1. The van der Waals surface area contributed by atoms with Crippen LogP contribution in [0.4, 0.5) is 0 Å². The summed E-state index contributed by atoms with van der Waals surface area (Å²) < 4.78 is 4.77. The molecule has 0 unspecified atom stereocenters. The van der Waals surface area contributed by atoms with E-state index in [1.165, 1.54) is 0 Å². The van der Waals surface area contributed by atoms with Crippen LogP contribution in [-0.4, -0.2) is 13.7 Å². The molecule has 56 valence electrons. The summed E-state index contributed by atoms with van der Waals surface area (Å²) in [5, 5.41) is 3.14. The zero-order chi connectivity index (χ0) is 5.82. The fourth-order valence-electron chi connectivity index (χ4n) is 0.733. The van der Waals surface area contributed by atoms with Crippen molar-refractivity contribution in [3.8, 4) is 0 Å². The smallest absolute Gasteiger partial charge is 0.444 e. The quantitative estimate of drug-likeness (QED) is 0.741. The maximum Gasteiger partial charge on any atom is 2.00 e.